The highest BCUT2D eigenvalue weighted by Gasteiger charge is 2.25. The fraction of sp³-hybridized carbons (Fsp3) is 0.194. The maximum Gasteiger partial charge on any atom is 0.259 e. The Balaban J connectivity index is 1.42. The van der Waals surface area contributed by atoms with Gasteiger partial charge in [0.2, 0.25) is 0 Å². The van der Waals surface area contributed by atoms with Crippen molar-refractivity contribution in [2.24, 2.45) is 4.99 Å². The molecule has 0 fully saturated rings. The Labute approximate surface area is 231 Å². The summed E-state index contributed by atoms with van der Waals surface area (Å²) in [4.78, 5) is 19.5. The van der Waals surface area contributed by atoms with Gasteiger partial charge in [0, 0.05) is 27.4 Å². The zero-order chi connectivity index (χ0) is 26.5. The van der Waals surface area contributed by atoms with E-state index in [1.807, 2.05) is 49.4 Å². The van der Waals surface area contributed by atoms with Crippen LogP contribution in [0.1, 0.15) is 55.9 Å². The number of aliphatic imine (C=N–C) groups is 1. The quantitative estimate of drug-likeness (QED) is 0.241. The van der Waals surface area contributed by atoms with E-state index in [1.54, 1.807) is 41.8 Å². The number of benzene rings is 3. The number of halogens is 1. The smallest absolute Gasteiger partial charge is 0.259 e. The van der Waals surface area contributed by atoms with Crippen LogP contribution in [0.3, 0.4) is 0 Å². The largest absolute Gasteiger partial charge is 0.488 e. The van der Waals surface area contributed by atoms with Crippen molar-refractivity contribution in [3.63, 3.8) is 0 Å². The van der Waals surface area contributed by atoms with Crippen molar-refractivity contribution >= 4 is 45.7 Å². The summed E-state index contributed by atoms with van der Waals surface area (Å²) in [5, 5.41) is 13.3. The molecule has 0 saturated heterocycles. The Bertz CT molecular complexity index is 1530. The summed E-state index contributed by atoms with van der Waals surface area (Å²) in [5.41, 5.74) is 5.95. The standard InChI is InChI=1S/C31H26ClN3O2S/c1-20-6-13-25(14-7-20)35-30(36)29-26-4-2-3-5-28(26)38-31(29)34-18-23-16-24(32)12-15-27(23)37-19-22-10-8-21(17-33)9-11-22/h6-16,18H,2-5,19H2,1H3,(H,35,36). The molecule has 0 spiro atoms. The van der Waals surface area contributed by atoms with Crippen LogP contribution in [0.2, 0.25) is 5.02 Å². The lowest BCUT2D eigenvalue weighted by molar-refractivity contribution is 0.102. The number of rotatable bonds is 7. The predicted octanol–water partition coefficient (Wildman–Crippen LogP) is 8.04. The minimum absolute atomic E-state index is 0.135. The molecule has 1 N–H and O–H groups in total. The van der Waals surface area contributed by atoms with Crippen LogP contribution in [0.15, 0.2) is 71.7 Å². The molecule has 4 aromatic rings. The lowest BCUT2D eigenvalue weighted by Crippen LogP contribution is -2.14. The Hall–Kier alpha value is -3.92. The maximum atomic E-state index is 13.4. The summed E-state index contributed by atoms with van der Waals surface area (Å²) in [6, 6.07) is 22.6. The first kappa shape index (κ1) is 25.7. The number of carbonyl (C=O) groups is 1. The highest BCUT2D eigenvalue weighted by atomic mass is 35.5. The summed E-state index contributed by atoms with van der Waals surface area (Å²) in [6.07, 6.45) is 5.77. The zero-order valence-corrected chi connectivity index (χ0v) is 22.5. The Morgan fingerprint density at radius 3 is 2.63 bits per heavy atom. The second kappa shape index (κ2) is 11.6. The Morgan fingerprint density at radius 1 is 1.11 bits per heavy atom. The van der Waals surface area contributed by atoms with Gasteiger partial charge in [-0.2, -0.15) is 5.26 Å². The number of thiophene rings is 1. The summed E-state index contributed by atoms with van der Waals surface area (Å²) in [6.45, 7) is 2.36. The fourth-order valence-corrected chi connectivity index (χ4v) is 5.83. The molecule has 1 amide bonds. The van der Waals surface area contributed by atoms with E-state index in [0.29, 0.717) is 33.5 Å². The molecule has 0 bridgehead atoms. The van der Waals surface area contributed by atoms with E-state index in [4.69, 9.17) is 26.6 Å². The second-order valence-corrected chi connectivity index (χ2v) is 10.8. The van der Waals surface area contributed by atoms with Gasteiger partial charge in [-0.15, -0.1) is 11.3 Å². The van der Waals surface area contributed by atoms with Crippen molar-refractivity contribution < 1.29 is 9.53 Å². The van der Waals surface area contributed by atoms with Gasteiger partial charge in [0.1, 0.15) is 17.4 Å². The number of nitriles is 1. The van der Waals surface area contributed by atoms with Crippen LogP contribution >= 0.6 is 22.9 Å². The average molecular weight is 540 g/mol. The van der Waals surface area contributed by atoms with E-state index in [9.17, 15) is 4.79 Å². The van der Waals surface area contributed by atoms with Crippen LogP contribution in [-0.2, 0) is 19.4 Å². The van der Waals surface area contributed by atoms with Gasteiger partial charge in [-0.25, -0.2) is 4.99 Å². The molecule has 5 nitrogen and oxygen atoms in total. The van der Waals surface area contributed by atoms with Crippen molar-refractivity contribution in [3.05, 3.63) is 110 Å². The number of hydrogen-bond acceptors (Lipinski definition) is 5. The van der Waals surface area contributed by atoms with Gasteiger partial charge >= 0.3 is 0 Å². The summed E-state index contributed by atoms with van der Waals surface area (Å²) in [5.74, 6) is 0.498. The molecule has 0 atom stereocenters. The molecule has 1 aliphatic rings. The van der Waals surface area contributed by atoms with Crippen LogP contribution in [-0.4, -0.2) is 12.1 Å². The van der Waals surface area contributed by atoms with Gasteiger partial charge < -0.3 is 10.1 Å². The molecular weight excluding hydrogens is 514 g/mol. The fourth-order valence-electron chi connectivity index (χ4n) is 4.42. The number of aryl methyl sites for hydroxylation is 2. The molecule has 5 rings (SSSR count). The first-order valence-corrected chi connectivity index (χ1v) is 13.7. The highest BCUT2D eigenvalue weighted by molar-refractivity contribution is 7.16. The highest BCUT2D eigenvalue weighted by Crippen LogP contribution is 2.40. The molecule has 0 aliphatic heterocycles. The number of nitrogens with one attached hydrogen (secondary N) is 1. The summed E-state index contributed by atoms with van der Waals surface area (Å²) in [7, 11) is 0. The Morgan fingerprint density at radius 2 is 1.87 bits per heavy atom. The van der Waals surface area contributed by atoms with Crippen LogP contribution in [0.25, 0.3) is 0 Å². The number of hydrogen-bond donors (Lipinski definition) is 1. The number of amides is 1. The van der Waals surface area contributed by atoms with Gasteiger partial charge in [0.15, 0.2) is 0 Å². The third kappa shape index (κ3) is 5.96. The Kier molecular flexibility index (Phi) is 7.88. The van der Waals surface area contributed by atoms with Crippen molar-refractivity contribution in [1.82, 2.24) is 0 Å². The zero-order valence-electron chi connectivity index (χ0n) is 21.0. The first-order chi connectivity index (χ1) is 18.5. The van der Waals surface area contributed by atoms with Crippen molar-refractivity contribution in [3.8, 4) is 11.8 Å². The third-order valence-corrected chi connectivity index (χ3v) is 7.89. The van der Waals surface area contributed by atoms with Gasteiger partial charge in [-0.3, -0.25) is 4.79 Å². The van der Waals surface area contributed by atoms with E-state index in [2.05, 4.69) is 11.4 Å². The molecule has 190 valence electrons. The second-order valence-electron chi connectivity index (χ2n) is 9.25. The maximum absolute atomic E-state index is 13.4. The van der Waals surface area contributed by atoms with E-state index in [0.717, 1.165) is 53.6 Å². The molecule has 3 aromatic carbocycles. The van der Waals surface area contributed by atoms with E-state index in [-0.39, 0.29) is 5.91 Å². The topological polar surface area (TPSA) is 74.5 Å². The predicted molar refractivity (Wildman–Crippen MR) is 154 cm³/mol. The first-order valence-electron chi connectivity index (χ1n) is 12.5. The molecule has 1 aromatic heterocycles. The van der Waals surface area contributed by atoms with E-state index >= 15 is 0 Å². The monoisotopic (exact) mass is 539 g/mol. The van der Waals surface area contributed by atoms with Crippen LogP contribution in [0.4, 0.5) is 10.7 Å². The summed E-state index contributed by atoms with van der Waals surface area (Å²) < 4.78 is 6.08. The average Bonchev–Trinajstić information content (AvgIpc) is 3.31. The molecule has 1 heterocycles. The number of fused-ring (bicyclic) bond motifs is 1. The number of anilines is 1. The van der Waals surface area contributed by atoms with Crippen molar-refractivity contribution in [1.29, 1.82) is 5.26 Å². The van der Waals surface area contributed by atoms with Crippen LogP contribution < -0.4 is 10.1 Å². The van der Waals surface area contributed by atoms with Crippen LogP contribution in [0, 0.1) is 18.3 Å². The normalized spacial score (nSPS) is 12.7. The van der Waals surface area contributed by atoms with Gasteiger partial charge in [-0.1, -0.05) is 41.4 Å². The number of carbonyl (C=O) groups excluding carboxylic acids is 1. The minimum atomic E-state index is -0.135. The van der Waals surface area contributed by atoms with Gasteiger partial charge in [0.05, 0.1) is 17.2 Å². The molecule has 7 heteroatoms. The number of nitrogens with zero attached hydrogens (tertiary/aromatic N) is 2. The van der Waals surface area contributed by atoms with Gasteiger partial charge in [-0.05, 0) is 86.2 Å². The van der Waals surface area contributed by atoms with E-state index in [1.165, 1.54) is 4.88 Å². The molecule has 38 heavy (non-hydrogen) atoms. The van der Waals surface area contributed by atoms with Gasteiger partial charge in [0.25, 0.3) is 5.91 Å². The SMILES string of the molecule is Cc1ccc(NC(=O)c2c(N=Cc3cc(Cl)ccc3OCc3ccc(C#N)cc3)sc3c2CCCC3)cc1. The molecule has 0 radical (unpaired) electrons. The lowest BCUT2D eigenvalue weighted by atomic mass is 9.95. The van der Waals surface area contributed by atoms with E-state index < -0.39 is 0 Å². The molecule has 0 unspecified atom stereocenters. The minimum Gasteiger partial charge on any atom is -0.488 e. The lowest BCUT2D eigenvalue weighted by Gasteiger charge is -2.13. The molecule has 0 saturated carbocycles. The van der Waals surface area contributed by atoms with Crippen LogP contribution in [0.5, 0.6) is 5.75 Å². The summed E-state index contributed by atoms with van der Waals surface area (Å²) >= 11 is 7.89. The third-order valence-electron chi connectivity index (χ3n) is 6.46. The van der Waals surface area contributed by atoms with Crippen molar-refractivity contribution in [2.45, 2.75) is 39.2 Å². The van der Waals surface area contributed by atoms with Crippen molar-refractivity contribution in [2.75, 3.05) is 5.32 Å². The number of ether oxygens (including phenoxy) is 1. The molecule has 1 aliphatic carbocycles. The molecular formula is C31H26ClN3O2S.